The summed E-state index contributed by atoms with van der Waals surface area (Å²) in [5.74, 6) is -0.545. The van der Waals surface area contributed by atoms with Gasteiger partial charge in [-0.05, 0) is 12.5 Å². The summed E-state index contributed by atoms with van der Waals surface area (Å²) >= 11 is 0. The molecule has 1 N–H and O–H groups in total. The van der Waals surface area contributed by atoms with E-state index in [1.807, 2.05) is 42.3 Å². The Morgan fingerprint density at radius 3 is 3.00 bits per heavy atom. The third kappa shape index (κ3) is 2.10. The van der Waals surface area contributed by atoms with Gasteiger partial charge < -0.3 is 4.74 Å². The van der Waals surface area contributed by atoms with Crippen LogP contribution in [-0.4, -0.2) is 42.6 Å². The van der Waals surface area contributed by atoms with Crippen LogP contribution < -0.4 is 5.32 Å². The molecule has 0 saturated carbocycles. The second kappa shape index (κ2) is 5.01. The second-order valence-corrected chi connectivity index (χ2v) is 4.64. The first-order chi connectivity index (χ1) is 9.31. The Morgan fingerprint density at radius 2 is 2.26 bits per heavy atom. The first-order valence-electron chi connectivity index (χ1n) is 6.62. The lowest BCUT2D eigenvalue weighted by molar-refractivity contribution is -0.146. The molecule has 2 aliphatic heterocycles. The lowest BCUT2D eigenvalue weighted by Gasteiger charge is -2.19. The number of hydrazone groups is 1. The van der Waals surface area contributed by atoms with E-state index in [4.69, 9.17) is 4.74 Å². The number of hydrogen-bond acceptors (Lipinski definition) is 5. The van der Waals surface area contributed by atoms with Gasteiger partial charge in [0.25, 0.3) is 0 Å². The molecule has 0 radical (unpaired) electrons. The Kier molecular flexibility index (Phi) is 3.21. The zero-order chi connectivity index (χ0) is 13.2. The Balaban J connectivity index is 1.94. The maximum Gasteiger partial charge on any atom is 0.318 e. The SMILES string of the molecule is CCOC(=O)C1C(c2ccccc2)=NN2CCNC12. The molecule has 5 nitrogen and oxygen atoms in total. The molecular weight excluding hydrogens is 242 g/mol. The molecule has 0 bridgehead atoms. The van der Waals surface area contributed by atoms with Crippen molar-refractivity contribution >= 4 is 11.7 Å². The molecular formula is C14H17N3O2. The third-order valence-corrected chi connectivity index (χ3v) is 3.47. The monoisotopic (exact) mass is 259 g/mol. The van der Waals surface area contributed by atoms with Gasteiger partial charge in [0.2, 0.25) is 0 Å². The van der Waals surface area contributed by atoms with Gasteiger partial charge in [-0.15, -0.1) is 0 Å². The maximum atomic E-state index is 12.2. The van der Waals surface area contributed by atoms with Crippen molar-refractivity contribution < 1.29 is 9.53 Å². The van der Waals surface area contributed by atoms with Gasteiger partial charge in [-0.3, -0.25) is 15.1 Å². The Bertz CT molecular complexity index is 501. The van der Waals surface area contributed by atoms with Crippen LogP contribution in [0, 0.1) is 5.92 Å². The fraction of sp³-hybridized carbons (Fsp3) is 0.429. The van der Waals surface area contributed by atoms with E-state index in [1.54, 1.807) is 0 Å². The molecule has 1 saturated heterocycles. The van der Waals surface area contributed by atoms with Crippen molar-refractivity contribution in [2.75, 3.05) is 19.7 Å². The van der Waals surface area contributed by atoms with Gasteiger partial charge >= 0.3 is 5.97 Å². The number of nitrogens with one attached hydrogen (secondary N) is 1. The molecule has 0 aromatic heterocycles. The zero-order valence-corrected chi connectivity index (χ0v) is 10.9. The van der Waals surface area contributed by atoms with Gasteiger partial charge in [0, 0.05) is 6.54 Å². The highest BCUT2D eigenvalue weighted by molar-refractivity contribution is 6.13. The normalized spacial score (nSPS) is 25.1. The number of carbonyl (C=O) groups excluding carboxylic acids is 1. The zero-order valence-electron chi connectivity index (χ0n) is 10.9. The molecule has 2 aliphatic rings. The lowest BCUT2D eigenvalue weighted by Crippen LogP contribution is -2.42. The van der Waals surface area contributed by atoms with Gasteiger partial charge in [0.05, 0.1) is 18.9 Å². The smallest absolute Gasteiger partial charge is 0.318 e. The Morgan fingerprint density at radius 1 is 1.47 bits per heavy atom. The summed E-state index contributed by atoms with van der Waals surface area (Å²) < 4.78 is 5.20. The number of nitrogens with zero attached hydrogens (tertiary/aromatic N) is 2. The quantitative estimate of drug-likeness (QED) is 0.816. The molecule has 100 valence electrons. The molecule has 0 spiro atoms. The van der Waals surface area contributed by atoms with Gasteiger partial charge in [-0.2, -0.15) is 5.10 Å². The largest absolute Gasteiger partial charge is 0.465 e. The summed E-state index contributed by atoms with van der Waals surface area (Å²) in [7, 11) is 0. The minimum atomic E-state index is -0.343. The average Bonchev–Trinajstić information content (AvgIpc) is 2.99. The summed E-state index contributed by atoms with van der Waals surface area (Å²) in [6.45, 7) is 3.90. The molecule has 2 unspecified atom stereocenters. The molecule has 2 atom stereocenters. The van der Waals surface area contributed by atoms with E-state index >= 15 is 0 Å². The van der Waals surface area contributed by atoms with Crippen molar-refractivity contribution in [3.63, 3.8) is 0 Å². The van der Waals surface area contributed by atoms with E-state index in [0.29, 0.717) is 6.61 Å². The molecule has 1 fully saturated rings. The fourth-order valence-electron chi connectivity index (χ4n) is 2.64. The molecule has 1 aromatic carbocycles. The van der Waals surface area contributed by atoms with E-state index in [1.165, 1.54) is 0 Å². The lowest BCUT2D eigenvalue weighted by atomic mass is 9.95. The number of fused-ring (bicyclic) bond motifs is 1. The summed E-state index contributed by atoms with van der Waals surface area (Å²) in [5, 5.41) is 9.86. The van der Waals surface area contributed by atoms with Crippen LogP contribution in [0.15, 0.2) is 35.4 Å². The van der Waals surface area contributed by atoms with E-state index < -0.39 is 0 Å². The fourth-order valence-corrected chi connectivity index (χ4v) is 2.64. The summed E-state index contributed by atoms with van der Waals surface area (Å²) in [4.78, 5) is 12.2. The molecule has 0 amide bonds. The summed E-state index contributed by atoms with van der Waals surface area (Å²) in [6.07, 6.45) is -0.0609. The van der Waals surface area contributed by atoms with Crippen LogP contribution in [0.1, 0.15) is 12.5 Å². The first-order valence-corrected chi connectivity index (χ1v) is 6.62. The minimum absolute atomic E-state index is 0.0609. The van der Waals surface area contributed by atoms with Crippen molar-refractivity contribution in [1.29, 1.82) is 0 Å². The van der Waals surface area contributed by atoms with E-state index in [2.05, 4.69) is 10.4 Å². The predicted molar refractivity (Wildman–Crippen MR) is 71.6 cm³/mol. The van der Waals surface area contributed by atoms with Gasteiger partial charge in [0.15, 0.2) is 0 Å². The second-order valence-electron chi connectivity index (χ2n) is 4.64. The highest BCUT2D eigenvalue weighted by Gasteiger charge is 2.45. The number of hydrogen-bond donors (Lipinski definition) is 1. The minimum Gasteiger partial charge on any atom is -0.465 e. The van der Waals surface area contributed by atoms with Crippen LogP contribution in [0.5, 0.6) is 0 Å². The number of ether oxygens (including phenoxy) is 1. The first kappa shape index (κ1) is 12.2. The molecule has 5 heteroatoms. The Labute approximate surface area is 112 Å². The van der Waals surface area contributed by atoms with Crippen molar-refractivity contribution in [2.24, 2.45) is 11.0 Å². The van der Waals surface area contributed by atoms with Crippen LogP contribution >= 0.6 is 0 Å². The van der Waals surface area contributed by atoms with Crippen molar-refractivity contribution in [3.05, 3.63) is 35.9 Å². The van der Waals surface area contributed by atoms with Gasteiger partial charge in [-0.25, -0.2) is 0 Å². The van der Waals surface area contributed by atoms with Gasteiger partial charge in [0.1, 0.15) is 12.1 Å². The van der Waals surface area contributed by atoms with Crippen LogP contribution in [0.25, 0.3) is 0 Å². The highest BCUT2D eigenvalue weighted by atomic mass is 16.5. The van der Waals surface area contributed by atoms with E-state index in [0.717, 1.165) is 24.4 Å². The van der Waals surface area contributed by atoms with Crippen molar-refractivity contribution in [2.45, 2.75) is 13.1 Å². The van der Waals surface area contributed by atoms with Crippen LogP contribution in [0.3, 0.4) is 0 Å². The third-order valence-electron chi connectivity index (χ3n) is 3.47. The molecule has 3 rings (SSSR count). The van der Waals surface area contributed by atoms with E-state index in [9.17, 15) is 4.79 Å². The maximum absolute atomic E-state index is 12.2. The average molecular weight is 259 g/mol. The molecule has 0 aliphatic carbocycles. The number of carbonyl (C=O) groups is 1. The predicted octanol–water partition coefficient (Wildman–Crippen LogP) is 0.815. The van der Waals surface area contributed by atoms with Crippen LogP contribution in [-0.2, 0) is 9.53 Å². The number of benzene rings is 1. The topological polar surface area (TPSA) is 53.9 Å². The standard InChI is InChI=1S/C14H17N3O2/c1-2-19-14(18)11-12(10-6-4-3-5-7-10)16-17-9-8-15-13(11)17/h3-7,11,13,15H,2,8-9H2,1H3. The van der Waals surface area contributed by atoms with Crippen molar-refractivity contribution in [1.82, 2.24) is 10.3 Å². The molecule has 1 aromatic rings. The molecule has 19 heavy (non-hydrogen) atoms. The van der Waals surface area contributed by atoms with Crippen molar-refractivity contribution in [3.8, 4) is 0 Å². The molecule has 2 heterocycles. The summed E-state index contributed by atoms with van der Waals surface area (Å²) in [6, 6.07) is 9.83. The number of esters is 1. The van der Waals surface area contributed by atoms with Gasteiger partial charge in [-0.1, -0.05) is 30.3 Å². The highest BCUT2D eigenvalue weighted by Crippen LogP contribution is 2.27. The van der Waals surface area contributed by atoms with Crippen LogP contribution in [0.2, 0.25) is 0 Å². The Hall–Kier alpha value is -1.88. The number of rotatable bonds is 3. The summed E-state index contributed by atoms with van der Waals surface area (Å²) in [5.41, 5.74) is 1.79. The van der Waals surface area contributed by atoms with E-state index in [-0.39, 0.29) is 18.1 Å². The van der Waals surface area contributed by atoms with Crippen LogP contribution in [0.4, 0.5) is 0 Å².